The molecule has 3 fully saturated rings. The molecule has 0 atom stereocenters. The van der Waals surface area contributed by atoms with Crippen LogP contribution in [-0.2, 0) is 9.59 Å². The summed E-state index contributed by atoms with van der Waals surface area (Å²) in [4.78, 5) is 40.1. The van der Waals surface area contributed by atoms with Crippen LogP contribution < -0.4 is 10.1 Å². The van der Waals surface area contributed by atoms with Gasteiger partial charge < -0.3 is 19.9 Å². The van der Waals surface area contributed by atoms with Crippen molar-refractivity contribution in [1.29, 1.82) is 0 Å². The standard InChI is InChI=1S/C23H31N3O4/c27-21-3-1-2-13-25(21)16-12-24-22(28)17-6-8-19(9-7-17)30-20-10-14-26(15-11-20)23(29)18-4-5-18/h6-9,18,20H,1-5,10-16H2,(H,24,28). The van der Waals surface area contributed by atoms with Gasteiger partial charge in [-0.2, -0.15) is 0 Å². The van der Waals surface area contributed by atoms with Gasteiger partial charge in [0.25, 0.3) is 5.91 Å². The molecule has 2 aliphatic heterocycles. The van der Waals surface area contributed by atoms with Gasteiger partial charge in [0.15, 0.2) is 0 Å². The summed E-state index contributed by atoms with van der Waals surface area (Å²) in [5.41, 5.74) is 0.581. The second kappa shape index (κ2) is 9.49. The first kappa shape index (κ1) is 20.7. The topological polar surface area (TPSA) is 79.0 Å². The largest absolute Gasteiger partial charge is 0.490 e. The number of carbonyl (C=O) groups is 3. The molecule has 1 saturated carbocycles. The van der Waals surface area contributed by atoms with Crippen molar-refractivity contribution in [3.05, 3.63) is 29.8 Å². The summed E-state index contributed by atoms with van der Waals surface area (Å²) in [6.45, 7) is 3.34. The Bertz CT molecular complexity index is 767. The fourth-order valence-corrected chi connectivity index (χ4v) is 4.16. The van der Waals surface area contributed by atoms with Crippen LogP contribution in [-0.4, -0.2) is 66.3 Å². The van der Waals surface area contributed by atoms with E-state index >= 15 is 0 Å². The van der Waals surface area contributed by atoms with Crippen molar-refractivity contribution in [2.24, 2.45) is 5.92 Å². The van der Waals surface area contributed by atoms with Crippen LogP contribution in [0.2, 0.25) is 0 Å². The van der Waals surface area contributed by atoms with Gasteiger partial charge in [-0.3, -0.25) is 14.4 Å². The highest BCUT2D eigenvalue weighted by Gasteiger charge is 2.35. The lowest BCUT2D eigenvalue weighted by atomic mass is 10.1. The van der Waals surface area contributed by atoms with Crippen LogP contribution in [0.3, 0.4) is 0 Å². The Hall–Kier alpha value is -2.57. The molecule has 0 spiro atoms. The molecule has 7 heteroatoms. The zero-order valence-electron chi connectivity index (χ0n) is 17.5. The van der Waals surface area contributed by atoms with Crippen LogP contribution in [0.15, 0.2) is 24.3 Å². The van der Waals surface area contributed by atoms with Crippen molar-refractivity contribution < 1.29 is 19.1 Å². The molecule has 1 N–H and O–H groups in total. The highest BCUT2D eigenvalue weighted by Crippen LogP contribution is 2.32. The Balaban J connectivity index is 1.18. The molecule has 3 aliphatic rings. The Morgan fingerprint density at radius 3 is 2.40 bits per heavy atom. The van der Waals surface area contributed by atoms with E-state index in [-0.39, 0.29) is 23.8 Å². The number of amides is 3. The minimum atomic E-state index is -0.141. The highest BCUT2D eigenvalue weighted by atomic mass is 16.5. The van der Waals surface area contributed by atoms with Crippen LogP contribution in [0.5, 0.6) is 5.75 Å². The maximum absolute atomic E-state index is 12.3. The Kier molecular flexibility index (Phi) is 6.55. The molecule has 162 valence electrons. The van der Waals surface area contributed by atoms with Gasteiger partial charge in [0.05, 0.1) is 0 Å². The number of nitrogens with one attached hydrogen (secondary N) is 1. The molecular formula is C23H31N3O4. The monoisotopic (exact) mass is 413 g/mol. The third-order valence-electron chi connectivity index (χ3n) is 6.19. The van der Waals surface area contributed by atoms with Crippen LogP contribution in [0.25, 0.3) is 0 Å². The van der Waals surface area contributed by atoms with Crippen LogP contribution in [0.4, 0.5) is 0 Å². The van der Waals surface area contributed by atoms with E-state index < -0.39 is 0 Å². The van der Waals surface area contributed by atoms with Crippen molar-refractivity contribution in [3.8, 4) is 5.75 Å². The first-order valence-corrected chi connectivity index (χ1v) is 11.2. The number of hydrogen-bond donors (Lipinski definition) is 1. The van der Waals surface area contributed by atoms with E-state index in [0.29, 0.717) is 31.0 Å². The molecule has 4 rings (SSSR count). The first-order chi connectivity index (χ1) is 14.6. The average Bonchev–Trinajstić information content (AvgIpc) is 3.61. The zero-order chi connectivity index (χ0) is 20.9. The minimum Gasteiger partial charge on any atom is -0.490 e. The lowest BCUT2D eigenvalue weighted by Gasteiger charge is -2.32. The summed E-state index contributed by atoms with van der Waals surface area (Å²) < 4.78 is 6.05. The summed E-state index contributed by atoms with van der Waals surface area (Å²) in [5.74, 6) is 1.38. The number of carbonyl (C=O) groups excluding carboxylic acids is 3. The second-order valence-corrected chi connectivity index (χ2v) is 8.53. The number of rotatable bonds is 7. The Morgan fingerprint density at radius 2 is 1.73 bits per heavy atom. The number of benzene rings is 1. The van der Waals surface area contributed by atoms with Crippen molar-refractivity contribution >= 4 is 17.7 Å². The van der Waals surface area contributed by atoms with Gasteiger partial charge in [0.2, 0.25) is 11.8 Å². The molecule has 0 unspecified atom stereocenters. The molecule has 2 saturated heterocycles. The van der Waals surface area contributed by atoms with Crippen molar-refractivity contribution in [2.75, 3.05) is 32.7 Å². The van der Waals surface area contributed by atoms with Crippen LogP contribution in [0, 0.1) is 5.92 Å². The van der Waals surface area contributed by atoms with Gasteiger partial charge in [-0.15, -0.1) is 0 Å². The fourth-order valence-electron chi connectivity index (χ4n) is 4.16. The summed E-state index contributed by atoms with van der Waals surface area (Å²) >= 11 is 0. The molecule has 3 amide bonds. The van der Waals surface area contributed by atoms with E-state index in [9.17, 15) is 14.4 Å². The van der Waals surface area contributed by atoms with E-state index in [1.165, 1.54) is 0 Å². The lowest BCUT2D eigenvalue weighted by Crippen LogP contribution is -2.42. The van der Waals surface area contributed by atoms with E-state index in [1.54, 1.807) is 12.1 Å². The predicted octanol–water partition coefficient (Wildman–Crippen LogP) is 2.21. The lowest BCUT2D eigenvalue weighted by molar-refractivity contribution is -0.134. The molecule has 0 aromatic heterocycles. The molecule has 7 nitrogen and oxygen atoms in total. The normalized spacial score (nSPS) is 20.2. The Morgan fingerprint density at radius 1 is 1.00 bits per heavy atom. The number of piperidine rings is 2. The molecule has 30 heavy (non-hydrogen) atoms. The predicted molar refractivity (Wildman–Crippen MR) is 112 cm³/mol. The number of likely N-dealkylation sites (tertiary alicyclic amines) is 2. The number of nitrogens with zero attached hydrogens (tertiary/aromatic N) is 2. The highest BCUT2D eigenvalue weighted by molar-refractivity contribution is 5.94. The van der Waals surface area contributed by atoms with Gasteiger partial charge in [-0.1, -0.05) is 0 Å². The van der Waals surface area contributed by atoms with Gasteiger partial charge in [-0.25, -0.2) is 0 Å². The molecule has 1 aliphatic carbocycles. The summed E-state index contributed by atoms with van der Waals surface area (Å²) in [7, 11) is 0. The van der Waals surface area contributed by atoms with Gasteiger partial charge >= 0.3 is 0 Å². The molecule has 0 radical (unpaired) electrons. The Labute approximate surface area is 177 Å². The molecule has 1 aromatic carbocycles. The summed E-state index contributed by atoms with van der Waals surface area (Å²) in [5, 5.41) is 2.89. The number of ether oxygens (including phenoxy) is 1. The first-order valence-electron chi connectivity index (χ1n) is 11.2. The summed E-state index contributed by atoms with van der Waals surface area (Å²) in [6.07, 6.45) is 6.51. The summed E-state index contributed by atoms with van der Waals surface area (Å²) in [6, 6.07) is 7.18. The molecule has 1 aromatic rings. The molecule has 0 bridgehead atoms. The van der Waals surface area contributed by atoms with Crippen LogP contribution >= 0.6 is 0 Å². The van der Waals surface area contributed by atoms with E-state index in [1.807, 2.05) is 21.9 Å². The second-order valence-electron chi connectivity index (χ2n) is 8.53. The van der Waals surface area contributed by atoms with Crippen LogP contribution in [0.1, 0.15) is 55.3 Å². The van der Waals surface area contributed by atoms with E-state index in [4.69, 9.17) is 4.74 Å². The third-order valence-corrected chi connectivity index (χ3v) is 6.19. The van der Waals surface area contributed by atoms with Crippen molar-refractivity contribution in [3.63, 3.8) is 0 Å². The maximum atomic E-state index is 12.3. The van der Waals surface area contributed by atoms with Crippen molar-refractivity contribution in [1.82, 2.24) is 15.1 Å². The quantitative estimate of drug-likeness (QED) is 0.743. The van der Waals surface area contributed by atoms with Gasteiger partial charge in [0, 0.05) is 63.5 Å². The third kappa shape index (κ3) is 5.32. The zero-order valence-corrected chi connectivity index (χ0v) is 17.5. The fraction of sp³-hybridized carbons (Fsp3) is 0.609. The smallest absolute Gasteiger partial charge is 0.251 e. The average molecular weight is 414 g/mol. The SMILES string of the molecule is O=C(NCCN1CCCCC1=O)c1ccc(OC2CCN(C(=O)C3CC3)CC2)cc1. The van der Waals surface area contributed by atoms with E-state index in [0.717, 1.165) is 63.9 Å². The minimum absolute atomic E-state index is 0.106. The van der Waals surface area contributed by atoms with Gasteiger partial charge in [-0.05, 0) is 49.9 Å². The van der Waals surface area contributed by atoms with E-state index in [2.05, 4.69) is 5.32 Å². The van der Waals surface area contributed by atoms with Crippen molar-refractivity contribution in [2.45, 2.75) is 51.0 Å². The van der Waals surface area contributed by atoms with Gasteiger partial charge in [0.1, 0.15) is 11.9 Å². The molecule has 2 heterocycles. The molecular weight excluding hydrogens is 382 g/mol. The maximum Gasteiger partial charge on any atom is 0.251 e. The number of hydrogen-bond acceptors (Lipinski definition) is 4.